The fraction of sp³-hybridized carbons (Fsp3) is 0.722. The average Bonchev–Trinajstić information content (AvgIpc) is 3.41. The van der Waals surface area contributed by atoms with Crippen LogP contribution in [0.1, 0.15) is 12.6 Å². The second-order valence-corrected chi connectivity index (χ2v) is 20.5. The van der Waals surface area contributed by atoms with E-state index in [0.29, 0.717) is 12.3 Å². The van der Waals surface area contributed by atoms with Crippen molar-refractivity contribution >= 4 is 86.3 Å². The van der Waals surface area contributed by atoms with Gasteiger partial charge in [-0.15, -0.1) is 0 Å². The molecule has 2 aromatic rings. The van der Waals surface area contributed by atoms with Crippen molar-refractivity contribution in [1.29, 1.82) is 0 Å². The maximum Gasteiger partial charge on any atom is 0.389 e. The fourth-order valence-electron chi connectivity index (χ4n) is 3.66. The van der Waals surface area contributed by atoms with Crippen molar-refractivity contribution in [3.05, 3.63) is 6.33 Å². The summed E-state index contributed by atoms with van der Waals surface area (Å²) in [6, 6.07) is 0. The molecule has 0 amide bonds. The average molecular weight is 774 g/mol. The normalized spacial score (nSPS) is 24.4. The van der Waals surface area contributed by atoms with Crippen LogP contribution in [-0.2, 0) is 23.0 Å². The summed E-state index contributed by atoms with van der Waals surface area (Å²) in [6.07, 6.45) is -9.02. The zero-order chi connectivity index (χ0) is 33.3. The predicted molar refractivity (Wildman–Crippen MR) is 156 cm³/mol. The van der Waals surface area contributed by atoms with E-state index >= 15 is 0 Å². The third-order valence-electron chi connectivity index (χ3n) is 5.81. The number of nitrogens with zero attached hydrogens (tertiary/aromatic N) is 4. The monoisotopic (exact) mass is 773 g/mol. The van der Waals surface area contributed by atoms with Crippen LogP contribution in [0, 0.1) is 0 Å². The Balaban J connectivity index is 1.82. The molecule has 1 saturated heterocycles. The molecule has 1 fully saturated rings. The number of halogens is 5. The van der Waals surface area contributed by atoms with Crippen LogP contribution in [0.3, 0.4) is 0 Å². The van der Waals surface area contributed by atoms with E-state index in [0.717, 1.165) is 22.7 Å². The Bertz CT molecular complexity index is 1470. The van der Waals surface area contributed by atoms with Gasteiger partial charge in [0.25, 0.3) is 11.2 Å². The van der Waals surface area contributed by atoms with Crippen molar-refractivity contribution in [2.75, 3.05) is 42.1 Å². The molecule has 26 heteroatoms. The summed E-state index contributed by atoms with van der Waals surface area (Å²) < 4.78 is 82.2. The Kier molecular flexibility index (Phi) is 12.6. The van der Waals surface area contributed by atoms with E-state index in [2.05, 4.69) is 20.3 Å². The molecule has 7 N–H and O–H groups in total. The lowest BCUT2D eigenvalue weighted by molar-refractivity contribution is -0.129. The van der Waals surface area contributed by atoms with Gasteiger partial charge in [0, 0.05) is 18.1 Å². The molecule has 2 unspecified atom stereocenters. The molecular weight excluding hydrogens is 747 g/mol. The second-order valence-electron chi connectivity index (χ2n) is 9.19. The molecule has 44 heavy (non-hydrogen) atoms. The van der Waals surface area contributed by atoms with Gasteiger partial charge in [0.05, 0.1) is 19.4 Å². The number of ether oxygens (including phenoxy) is 1. The summed E-state index contributed by atoms with van der Waals surface area (Å²) in [6.45, 7) is -0.560. The summed E-state index contributed by atoms with van der Waals surface area (Å²) >= 11 is 12.9. The molecule has 0 bridgehead atoms. The van der Waals surface area contributed by atoms with E-state index in [1.54, 1.807) is 0 Å². The van der Waals surface area contributed by atoms with Gasteiger partial charge in [-0.2, -0.15) is 24.9 Å². The number of anilines is 1. The quantitative estimate of drug-likeness (QED) is 0.0452. The largest absolute Gasteiger partial charge is 0.389 e. The molecule has 0 aromatic carbocycles. The molecule has 0 spiro atoms. The number of imidazole rings is 1. The number of aromatic nitrogens is 4. The predicted octanol–water partition coefficient (Wildman–Crippen LogP) is 2.96. The summed E-state index contributed by atoms with van der Waals surface area (Å²) in [5, 5.41) is 24.2. The SMILES string of the molecule is CSCCNc1nc(SCCC(F)(F)F)nc2c1ncn2[C@@H]1O[C@H](COP(=O)(O)CP(=O)(O)C(Cl)(Cl)P(=O)(O)O)[C@@H](O)[C@H]1O. The number of aliphatic hydroxyl groups is 2. The van der Waals surface area contributed by atoms with Gasteiger partial charge in [0.2, 0.25) is 0 Å². The summed E-state index contributed by atoms with van der Waals surface area (Å²) in [4.78, 5) is 51.0. The number of rotatable bonds is 15. The topological polar surface area (TPSA) is 247 Å². The van der Waals surface area contributed by atoms with E-state index in [9.17, 15) is 46.9 Å². The Morgan fingerprint density at radius 3 is 2.36 bits per heavy atom. The van der Waals surface area contributed by atoms with E-state index in [1.807, 2.05) is 6.26 Å². The van der Waals surface area contributed by atoms with Crippen LogP contribution >= 0.6 is 69.3 Å². The van der Waals surface area contributed by atoms with Crippen LogP contribution < -0.4 is 5.32 Å². The number of fused-ring (bicyclic) bond motifs is 1. The van der Waals surface area contributed by atoms with E-state index in [1.165, 1.54) is 11.8 Å². The lowest BCUT2D eigenvalue weighted by Gasteiger charge is -2.27. The van der Waals surface area contributed by atoms with Crippen LogP contribution in [0.4, 0.5) is 19.0 Å². The molecule has 16 nitrogen and oxygen atoms in total. The van der Waals surface area contributed by atoms with Gasteiger partial charge >= 0.3 is 21.4 Å². The van der Waals surface area contributed by atoms with Crippen LogP contribution in [-0.4, -0.2) is 114 Å². The molecule has 6 atom stereocenters. The molecule has 0 saturated carbocycles. The molecular formula is C18H27Cl2F3N5O11P3S2. The molecule has 2 aromatic heterocycles. The van der Waals surface area contributed by atoms with Gasteiger partial charge in [0.15, 0.2) is 28.4 Å². The third kappa shape index (κ3) is 9.23. The summed E-state index contributed by atoms with van der Waals surface area (Å²) in [5.74, 6) is -1.34. The third-order valence-corrected chi connectivity index (χ3v) is 17.0. The first kappa shape index (κ1) is 38.2. The molecule has 3 heterocycles. The van der Waals surface area contributed by atoms with Gasteiger partial charge in [-0.1, -0.05) is 35.0 Å². The molecule has 0 aliphatic carbocycles. The minimum absolute atomic E-state index is 0.00558. The lowest BCUT2D eigenvalue weighted by atomic mass is 10.1. The molecule has 252 valence electrons. The zero-order valence-corrected chi connectivity index (χ0v) is 28.0. The van der Waals surface area contributed by atoms with Gasteiger partial charge in [0.1, 0.15) is 24.2 Å². The molecule has 1 aliphatic rings. The Labute approximate surface area is 265 Å². The molecule has 1 aliphatic heterocycles. The maximum absolute atomic E-state index is 12.7. The van der Waals surface area contributed by atoms with E-state index < -0.39 is 81.8 Å². The number of aliphatic hydroxyl groups excluding tert-OH is 2. The number of alkyl halides is 5. The first-order chi connectivity index (χ1) is 20.1. The molecule has 3 rings (SSSR count). The number of nitrogens with one attached hydrogen (secondary N) is 1. The maximum atomic E-state index is 12.7. The van der Waals surface area contributed by atoms with Crippen molar-refractivity contribution in [3.63, 3.8) is 0 Å². The van der Waals surface area contributed by atoms with Crippen LogP contribution in [0.2, 0.25) is 0 Å². The van der Waals surface area contributed by atoms with Crippen LogP contribution in [0.15, 0.2) is 11.5 Å². The van der Waals surface area contributed by atoms with Gasteiger partial charge in [-0.25, -0.2) is 15.0 Å². The highest BCUT2D eigenvalue weighted by Gasteiger charge is 2.60. The minimum atomic E-state index is -5.66. The zero-order valence-electron chi connectivity index (χ0n) is 22.2. The second kappa shape index (κ2) is 14.5. The van der Waals surface area contributed by atoms with Crippen molar-refractivity contribution in [1.82, 2.24) is 19.5 Å². The van der Waals surface area contributed by atoms with Crippen LogP contribution in [0.25, 0.3) is 11.2 Å². The highest BCUT2D eigenvalue weighted by molar-refractivity contribution is 7.99. The fourth-order valence-corrected chi connectivity index (χ4v) is 11.3. The summed E-state index contributed by atoms with van der Waals surface area (Å²) in [7, 11) is -16.3. The first-order valence-electron chi connectivity index (χ1n) is 12.0. The standard InChI is InChI=1S/C18H27Cl2F3N5O11P3S2/c1-43-5-3-24-13-10-14(27-16(26-13)44-4-2-17(21,22)23)28(7-25-10)15-12(30)11(29)9(39-15)6-38-41(33,34)8-40(31,32)18(19,20)42(35,36)37/h7,9,11-12,15,29-30H,2-6,8H2,1H3,(H,31,32)(H,33,34)(H,24,26,27)(H2,35,36,37)/t9-,11-,12-,15-/m1/s1. The van der Waals surface area contributed by atoms with Crippen molar-refractivity contribution in [3.8, 4) is 0 Å². The highest BCUT2D eigenvalue weighted by atomic mass is 35.5. The number of thioether (sulfide) groups is 2. The van der Waals surface area contributed by atoms with Crippen molar-refractivity contribution in [2.45, 2.75) is 46.1 Å². The van der Waals surface area contributed by atoms with Crippen LogP contribution in [0.5, 0.6) is 0 Å². The Hall–Kier alpha value is -0.210. The number of hydrogen-bond acceptors (Lipinski definition) is 13. The minimum Gasteiger partial charge on any atom is -0.387 e. The van der Waals surface area contributed by atoms with Gasteiger partial charge < -0.3 is 44.4 Å². The Morgan fingerprint density at radius 2 is 1.77 bits per heavy atom. The highest BCUT2D eigenvalue weighted by Crippen LogP contribution is 2.78. The van der Waals surface area contributed by atoms with Gasteiger partial charge in [-0.05, 0) is 6.26 Å². The Morgan fingerprint density at radius 1 is 1.11 bits per heavy atom. The number of hydrogen-bond donors (Lipinski definition) is 7. The summed E-state index contributed by atoms with van der Waals surface area (Å²) in [5.41, 5.74) is 0.163. The van der Waals surface area contributed by atoms with Crippen molar-refractivity contribution in [2.24, 2.45) is 0 Å². The first-order valence-corrected chi connectivity index (χ1v) is 20.4. The molecule has 0 radical (unpaired) electrons. The van der Waals surface area contributed by atoms with Gasteiger partial charge in [-0.3, -0.25) is 18.3 Å². The van der Waals surface area contributed by atoms with E-state index in [-0.39, 0.29) is 22.1 Å². The van der Waals surface area contributed by atoms with E-state index in [4.69, 9.17) is 42.2 Å². The smallest absolute Gasteiger partial charge is 0.387 e. The van der Waals surface area contributed by atoms with Crippen molar-refractivity contribution < 1.29 is 65.9 Å². The lowest BCUT2D eigenvalue weighted by Crippen LogP contribution is -2.33.